The number of likely N-dealkylation sites (tertiary alicyclic amines) is 1. The number of imide groups is 1. The van der Waals surface area contributed by atoms with E-state index in [1.165, 1.54) is 59.5 Å². The molecule has 21 nitrogen and oxygen atoms in total. The summed E-state index contributed by atoms with van der Waals surface area (Å²) in [4.78, 5) is 111. The predicted molar refractivity (Wildman–Crippen MR) is 205 cm³/mol. The number of anilines is 1. The molecule has 0 aromatic heterocycles. The summed E-state index contributed by atoms with van der Waals surface area (Å²) in [5.41, 5.74) is 0.306. The third kappa shape index (κ3) is 12.4. The first-order valence-electron chi connectivity index (χ1n) is 18.5. The zero-order valence-electron chi connectivity index (χ0n) is 31.8. The lowest BCUT2D eigenvalue weighted by atomic mass is 10.1. The molecule has 0 unspecified atom stereocenters. The fourth-order valence-corrected chi connectivity index (χ4v) is 6.08. The summed E-state index contributed by atoms with van der Waals surface area (Å²) in [6, 6.07) is 12.9. The van der Waals surface area contributed by atoms with E-state index < -0.39 is 46.6 Å². The highest BCUT2D eigenvalue weighted by molar-refractivity contribution is 6.12. The van der Waals surface area contributed by atoms with Gasteiger partial charge < -0.3 is 34.5 Å². The Morgan fingerprint density at radius 3 is 1.92 bits per heavy atom. The Hall–Kier alpha value is -7.71. The lowest BCUT2D eigenvalue weighted by Crippen LogP contribution is -2.47. The second kappa shape index (κ2) is 20.6. The van der Waals surface area contributed by atoms with Crippen molar-refractivity contribution in [3.63, 3.8) is 0 Å². The zero-order valence-corrected chi connectivity index (χ0v) is 31.8. The van der Waals surface area contributed by atoms with E-state index in [0.29, 0.717) is 37.7 Å². The molecule has 1 atom stereocenters. The van der Waals surface area contributed by atoms with Crippen molar-refractivity contribution in [2.24, 2.45) is 0 Å². The smallest absolute Gasteiger partial charge is 0.429 e. The molecule has 3 aromatic rings. The third-order valence-corrected chi connectivity index (χ3v) is 9.13. The summed E-state index contributed by atoms with van der Waals surface area (Å²) >= 11 is 0. The number of ether oxygens (including phenoxy) is 4. The Kier molecular flexibility index (Phi) is 14.9. The molecule has 0 saturated carbocycles. The fraction of sp³-hybridized carbons (Fsp3) is 0.308. The molecule has 21 heteroatoms. The number of hydrogen-bond acceptors (Lipinski definition) is 15. The van der Waals surface area contributed by atoms with Crippen LogP contribution in [-0.2, 0) is 46.7 Å². The number of carbonyl (C=O) groups excluding carboxylic acids is 7. The molecule has 2 N–H and O–H groups in total. The minimum atomic E-state index is -1.18. The monoisotopic (exact) mass is 830 g/mol. The van der Waals surface area contributed by atoms with Gasteiger partial charge in [-0.05, 0) is 67.6 Å². The molecule has 2 heterocycles. The van der Waals surface area contributed by atoms with Gasteiger partial charge in [-0.1, -0.05) is 12.5 Å². The van der Waals surface area contributed by atoms with Crippen molar-refractivity contribution >= 4 is 58.9 Å². The maximum atomic E-state index is 13.6. The van der Waals surface area contributed by atoms with Gasteiger partial charge in [-0.15, -0.1) is 0 Å². The van der Waals surface area contributed by atoms with Gasteiger partial charge in [-0.3, -0.25) is 49.1 Å². The van der Waals surface area contributed by atoms with Crippen molar-refractivity contribution in [1.29, 1.82) is 0 Å². The maximum Gasteiger partial charge on any atom is 0.514 e. The average Bonchev–Trinajstić information content (AvgIpc) is 3.85. The van der Waals surface area contributed by atoms with Crippen molar-refractivity contribution in [2.45, 2.75) is 57.8 Å². The summed E-state index contributed by atoms with van der Waals surface area (Å²) in [6.45, 7) is -0.672. The lowest BCUT2D eigenvalue weighted by Gasteiger charge is -2.24. The van der Waals surface area contributed by atoms with Crippen LogP contribution in [0.5, 0.6) is 11.5 Å². The van der Waals surface area contributed by atoms with Crippen LogP contribution in [-0.4, -0.2) is 87.2 Å². The molecule has 2 aliphatic rings. The van der Waals surface area contributed by atoms with Gasteiger partial charge in [0.15, 0.2) is 0 Å². The number of hydrogen-bond donors (Lipinski definition) is 2. The molecule has 0 aliphatic carbocycles. The highest BCUT2D eigenvalue weighted by atomic mass is 16.7. The van der Waals surface area contributed by atoms with Crippen LogP contribution in [0.4, 0.5) is 26.7 Å². The van der Waals surface area contributed by atoms with Crippen LogP contribution in [0.1, 0.15) is 49.7 Å². The summed E-state index contributed by atoms with van der Waals surface area (Å²) < 4.78 is 20.6. The molecule has 0 bridgehead atoms. The molecule has 1 fully saturated rings. The third-order valence-electron chi connectivity index (χ3n) is 9.13. The van der Waals surface area contributed by atoms with E-state index in [-0.39, 0.29) is 84.5 Å². The number of non-ortho nitro benzene ring substituents is 2. The average molecular weight is 831 g/mol. The number of benzene rings is 3. The Bertz CT molecular complexity index is 2160. The zero-order chi connectivity index (χ0) is 43.2. The SMILES string of the molecule is O=C(CCCCCN1C(=O)C=CC1=O)NCC(=O)N1CCC[C@H]1C(=O)Nc1ccc(COC(=O)Oc2ccc([N+](=O)[O-])cc2)cc1COC(=O)Oc1ccc([N+](=O)[O-])cc1. The first-order chi connectivity index (χ1) is 28.8. The minimum Gasteiger partial charge on any atom is -0.429 e. The Balaban J connectivity index is 1.16. The Labute approximate surface area is 340 Å². The predicted octanol–water partition coefficient (Wildman–Crippen LogP) is 4.47. The van der Waals surface area contributed by atoms with Gasteiger partial charge >= 0.3 is 12.3 Å². The highest BCUT2D eigenvalue weighted by Crippen LogP contribution is 2.25. The van der Waals surface area contributed by atoms with Crippen molar-refractivity contribution in [3.8, 4) is 11.5 Å². The van der Waals surface area contributed by atoms with Gasteiger partial charge in [-0.2, -0.15) is 0 Å². The summed E-state index contributed by atoms with van der Waals surface area (Å²) in [7, 11) is 0. The van der Waals surface area contributed by atoms with Gasteiger partial charge in [0.05, 0.1) is 16.4 Å². The van der Waals surface area contributed by atoms with Crippen LogP contribution in [0.25, 0.3) is 0 Å². The van der Waals surface area contributed by atoms with Gasteiger partial charge in [0.1, 0.15) is 30.8 Å². The maximum absolute atomic E-state index is 13.6. The number of nitrogens with zero attached hydrogens (tertiary/aromatic N) is 4. The Morgan fingerprint density at radius 2 is 1.33 bits per heavy atom. The summed E-state index contributed by atoms with van der Waals surface area (Å²) in [6.07, 6.45) is 2.60. The van der Waals surface area contributed by atoms with Crippen molar-refractivity contribution < 1.29 is 62.4 Å². The molecule has 314 valence electrons. The van der Waals surface area contributed by atoms with Crippen LogP contribution in [0, 0.1) is 20.2 Å². The van der Waals surface area contributed by atoms with E-state index in [0.717, 1.165) is 29.2 Å². The lowest BCUT2D eigenvalue weighted by molar-refractivity contribution is -0.385. The molecule has 0 radical (unpaired) electrons. The minimum absolute atomic E-state index is 0.0103. The van der Waals surface area contributed by atoms with Crippen LogP contribution >= 0.6 is 0 Å². The number of nitrogens with one attached hydrogen (secondary N) is 2. The van der Waals surface area contributed by atoms with Gasteiger partial charge in [0.25, 0.3) is 23.2 Å². The molecule has 3 aromatic carbocycles. The number of rotatable bonds is 18. The number of nitro groups is 2. The number of carbonyl (C=O) groups is 7. The highest BCUT2D eigenvalue weighted by Gasteiger charge is 2.34. The molecule has 5 amide bonds. The molecule has 0 spiro atoms. The molecule has 60 heavy (non-hydrogen) atoms. The first kappa shape index (κ1) is 43.4. The van der Waals surface area contributed by atoms with Crippen LogP contribution in [0.3, 0.4) is 0 Å². The van der Waals surface area contributed by atoms with Gasteiger partial charge in [-0.25, -0.2) is 9.59 Å². The van der Waals surface area contributed by atoms with E-state index in [1.54, 1.807) is 0 Å². The largest absolute Gasteiger partial charge is 0.514 e. The van der Waals surface area contributed by atoms with Crippen molar-refractivity contribution in [2.75, 3.05) is 25.0 Å². The van der Waals surface area contributed by atoms with E-state index in [1.807, 2.05) is 0 Å². The van der Waals surface area contributed by atoms with Crippen LogP contribution in [0.2, 0.25) is 0 Å². The van der Waals surface area contributed by atoms with Crippen molar-refractivity contribution in [1.82, 2.24) is 15.1 Å². The molecule has 1 saturated heterocycles. The second-order valence-corrected chi connectivity index (χ2v) is 13.3. The molecule has 2 aliphatic heterocycles. The number of amides is 5. The van der Waals surface area contributed by atoms with Gasteiger partial charge in [0, 0.05) is 67.2 Å². The summed E-state index contributed by atoms with van der Waals surface area (Å²) in [5, 5.41) is 27.2. The van der Waals surface area contributed by atoms with Gasteiger partial charge in [0.2, 0.25) is 17.7 Å². The van der Waals surface area contributed by atoms with E-state index in [4.69, 9.17) is 18.9 Å². The molecular formula is C39H38N6O15. The standard InChI is InChI=1S/C39H38N6O15/c46-33(6-2-1-3-19-43-34(47)17-18-35(43)48)40-22-36(49)42-20-4-5-32(42)37(50)41-31-16-7-25(23-57-38(51)59-29-12-8-27(9-13-29)44(53)54)21-26(31)24-58-39(52)60-30-14-10-28(11-15-30)45(55)56/h7-18,21,32H,1-6,19-20,22-24H2,(H,40,46)(H,41,50)/t32-/m0/s1. The summed E-state index contributed by atoms with van der Waals surface area (Å²) in [5.74, 6) is -2.22. The fourth-order valence-electron chi connectivity index (χ4n) is 6.08. The normalized spacial score (nSPS) is 14.4. The van der Waals surface area contributed by atoms with E-state index in [9.17, 15) is 53.8 Å². The second-order valence-electron chi connectivity index (χ2n) is 13.3. The van der Waals surface area contributed by atoms with Crippen LogP contribution in [0.15, 0.2) is 78.9 Å². The van der Waals surface area contributed by atoms with E-state index in [2.05, 4.69) is 10.6 Å². The molecule has 5 rings (SSSR count). The number of unbranched alkanes of at least 4 members (excludes halogenated alkanes) is 2. The topological polar surface area (TPSA) is 273 Å². The quantitative estimate of drug-likeness (QED) is 0.0447. The van der Waals surface area contributed by atoms with Crippen LogP contribution < -0.4 is 20.1 Å². The van der Waals surface area contributed by atoms with Crippen molar-refractivity contribution in [3.05, 3.63) is 110 Å². The number of nitro benzene ring substituents is 2. The van der Waals surface area contributed by atoms with E-state index >= 15 is 0 Å². The Morgan fingerprint density at radius 1 is 0.750 bits per heavy atom. The first-order valence-corrected chi connectivity index (χ1v) is 18.5. The molecular weight excluding hydrogens is 792 g/mol.